The molecular formula is C8H9ClN4O. The lowest BCUT2D eigenvalue weighted by Gasteiger charge is -1.99. The number of aromatic nitrogens is 4. The fraction of sp³-hybridized carbons (Fsp3) is 0.375. The van der Waals surface area contributed by atoms with Gasteiger partial charge in [-0.1, -0.05) is 6.92 Å². The summed E-state index contributed by atoms with van der Waals surface area (Å²) in [5.41, 5.74) is 0.582. The minimum Gasteiger partial charge on any atom is -0.315 e. The van der Waals surface area contributed by atoms with Gasteiger partial charge >= 0.3 is 0 Å². The first-order chi connectivity index (χ1) is 6.72. The molecule has 0 saturated heterocycles. The Hall–Kier alpha value is -1.36. The third kappa shape index (κ3) is 1.39. The van der Waals surface area contributed by atoms with Gasteiger partial charge in [-0.2, -0.15) is 4.98 Å². The zero-order valence-electron chi connectivity index (χ0n) is 7.62. The predicted molar refractivity (Wildman–Crippen MR) is 53.4 cm³/mol. The lowest BCUT2D eigenvalue weighted by molar-refractivity contribution is 0.691. The van der Waals surface area contributed by atoms with Crippen LogP contribution in [0.3, 0.4) is 0 Å². The zero-order chi connectivity index (χ0) is 10.1. The van der Waals surface area contributed by atoms with Crippen molar-refractivity contribution < 1.29 is 0 Å². The number of halogens is 1. The van der Waals surface area contributed by atoms with Gasteiger partial charge in [0.25, 0.3) is 5.56 Å². The smallest absolute Gasteiger partial charge is 0.280 e. The molecule has 5 nitrogen and oxygen atoms in total. The van der Waals surface area contributed by atoms with Gasteiger partial charge in [-0.15, -0.1) is 0 Å². The number of H-pyrrole nitrogens is 1. The molecule has 0 spiro atoms. The molecule has 0 aliphatic heterocycles. The second kappa shape index (κ2) is 3.42. The number of imidazole rings is 1. The molecule has 6 heteroatoms. The van der Waals surface area contributed by atoms with Crippen LogP contribution in [0.4, 0.5) is 0 Å². The standard InChI is InChI=1S/C8H9ClN4O/c1-2-3-13-4-10-5-6(13)11-8(9)12-7(5)14/h4H,2-3H2,1H3,(H,11,12,14). The maximum absolute atomic E-state index is 11.4. The van der Waals surface area contributed by atoms with Crippen LogP contribution in [-0.2, 0) is 6.54 Å². The number of hydrogen-bond acceptors (Lipinski definition) is 3. The van der Waals surface area contributed by atoms with Crippen LogP contribution in [0.5, 0.6) is 0 Å². The number of nitrogens with zero attached hydrogens (tertiary/aromatic N) is 3. The van der Waals surface area contributed by atoms with Gasteiger partial charge in [0.05, 0.1) is 6.33 Å². The van der Waals surface area contributed by atoms with Gasteiger partial charge in [-0.05, 0) is 18.0 Å². The molecule has 0 unspecified atom stereocenters. The Labute approximate surface area is 84.8 Å². The second-order valence-electron chi connectivity index (χ2n) is 2.97. The van der Waals surface area contributed by atoms with Crippen molar-refractivity contribution in [3.8, 4) is 0 Å². The molecule has 0 amide bonds. The van der Waals surface area contributed by atoms with Gasteiger partial charge in [0.15, 0.2) is 11.2 Å². The van der Waals surface area contributed by atoms with E-state index in [4.69, 9.17) is 11.6 Å². The highest BCUT2D eigenvalue weighted by atomic mass is 35.5. The molecule has 0 aromatic carbocycles. The van der Waals surface area contributed by atoms with Crippen molar-refractivity contribution in [3.05, 3.63) is 22.0 Å². The van der Waals surface area contributed by atoms with E-state index in [1.807, 2.05) is 11.5 Å². The van der Waals surface area contributed by atoms with Crippen LogP contribution in [-0.4, -0.2) is 19.5 Å². The molecule has 2 rings (SSSR count). The number of fused-ring (bicyclic) bond motifs is 1. The van der Waals surface area contributed by atoms with Crippen molar-refractivity contribution in [3.63, 3.8) is 0 Å². The van der Waals surface area contributed by atoms with Crippen LogP contribution < -0.4 is 5.56 Å². The number of aryl methyl sites for hydroxylation is 1. The summed E-state index contributed by atoms with van der Waals surface area (Å²) in [6.45, 7) is 2.82. The van der Waals surface area contributed by atoms with E-state index < -0.39 is 0 Å². The summed E-state index contributed by atoms with van der Waals surface area (Å²) < 4.78 is 1.82. The van der Waals surface area contributed by atoms with Crippen LogP contribution in [0.2, 0.25) is 5.28 Å². The van der Waals surface area contributed by atoms with Gasteiger partial charge in [0.2, 0.25) is 5.28 Å². The van der Waals surface area contributed by atoms with Gasteiger partial charge in [0.1, 0.15) is 0 Å². The third-order valence-corrected chi connectivity index (χ3v) is 2.09. The van der Waals surface area contributed by atoms with Crippen LogP contribution in [0.25, 0.3) is 11.2 Å². The van der Waals surface area contributed by atoms with Crippen molar-refractivity contribution in [1.82, 2.24) is 19.5 Å². The zero-order valence-corrected chi connectivity index (χ0v) is 8.38. The number of hydrogen-bond donors (Lipinski definition) is 1. The molecule has 0 aliphatic rings. The van der Waals surface area contributed by atoms with Gasteiger partial charge in [-0.3, -0.25) is 9.78 Å². The first kappa shape index (κ1) is 9.21. The SMILES string of the molecule is CCCn1cnc2c(=O)[nH]c(Cl)nc21. The van der Waals surface area contributed by atoms with E-state index in [1.54, 1.807) is 6.33 Å². The van der Waals surface area contributed by atoms with Gasteiger partial charge in [0, 0.05) is 6.54 Å². The molecule has 0 bridgehead atoms. The monoisotopic (exact) mass is 212 g/mol. The van der Waals surface area contributed by atoms with Gasteiger partial charge < -0.3 is 4.57 Å². The predicted octanol–water partition coefficient (Wildman–Crippen LogP) is 1.18. The summed E-state index contributed by atoms with van der Waals surface area (Å²) in [7, 11) is 0. The van der Waals surface area contributed by atoms with E-state index in [0.717, 1.165) is 13.0 Å². The van der Waals surface area contributed by atoms with Crippen molar-refractivity contribution in [2.24, 2.45) is 0 Å². The minimum atomic E-state index is -0.296. The average molecular weight is 213 g/mol. The van der Waals surface area contributed by atoms with Crippen molar-refractivity contribution in [2.75, 3.05) is 0 Å². The molecular weight excluding hydrogens is 204 g/mol. The maximum atomic E-state index is 11.4. The summed E-state index contributed by atoms with van der Waals surface area (Å²) >= 11 is 5.65. The van der Waals surface area contributed by atoms with Crippen molar-refractivity contribution in [1.29, 1.82) is 0 Å². The quantitative estimate of drug-likeness (QED) is 0.761. The number of aromatic amines is 1. The van der Waals surface area contributed by atoms with Crippen molar-refractivity contribution in [2.45, 2.75) is 19.9 Å². The lowest BCUT2D eigenvalue weighted by atomic mass is 10.4. The molecule has 0 atom stereocenters. The molecule has 2 heterocycles. The minimum absolute atomic E-state index is 0.0975. The van der Waals surface area contributed by atoms with E-state index in [0.29, 0.717) is 11.2 Å². The maximum Gasteiger partial charge on any atom is 0.280 e. The molecule has 74 valence electrons. The fourth-order valence-corrected chi connectivity index (χ4v) is 1.50. The largest absolute Gasteiger partial charge is 0.315 e. The molecule has 0 radical (unpaired) electrons. The Morgan fingerprint density at radius 3 is 3.14 bits per heavy atom. The second-order valence-corrected chi connectivity index (χ2v) is 3.32. The highest BCUT2D eigenvalue weighted by molar-refractivity contribution is 6.28. The highest BCUT2D eigenvalue weighted by Crippen LogP contribution is 2.08. The Balaban J connectivity index is 2.72. The third-order valence-electron chi connectivity index (χ3n) is 1.91. The molecule has 1 N–H and O–H groups in total. The topological polar surface area (TPSA) is 63.6 Å². The molecule has 0 saturated carbocycles. The summed E-state index contributed by atoms with van der Waals surface area (Å²) in [5.74, 6) is 0. The summed E-state index contributed by atoms with van der Waals surface area (Å²) in [6.07, 6.45) is 2.56. The number of rotatable bonds is 2. The highest BCUT2D eigenvalue weighted by Gasteiger charge is 2.08. The van der Waals surface area contributed by atoms with E-state index >= 15 is 0 Å². The van der Waals surface area contributed by atoms with Crippen LogP contribution in [0, 0.1) is 0 Å². The van der Waals surface area contributed by atoms with Crippen LogP contribution in [0.1, 0.15) is 13.3 Å². The number of nitrogens with one attached hydrogen (secondary N) is 1. The molecule has 2 aromatic rings. The molecule has 14 heavy (non-hydrogen) atoms. The van der Waals surface area contributed by atoms with E-state index in [2.05, 4.69) is 15.0 Å². The summed E-state index contributed by atoms with van der Waals surface area (Å²) in [4.78, 5) is 21.8. The summed E-state index contributed by atoms with van der Waals surface area (Å²) in [6, 6.07) is 0. The first-order valence-electron chi connectivity index (χ1n) is 4.33. The van der Waals surface area contributed by atoms with E-state index in [9.17, 15) is 4.79 Å². The Kier molecular flexibility index (Phi) is 2.25. The van der Waals surface area contributed by atoms with Gasteiger partial charge in [-0.25, -0.2) is 4.98 Å². The average Bonchev–Trinajstić information content (AvgIpc) is 2.49. The van der Waals surface area contributed by atoms with E-state index in [1.165, 1.54) is 0 Å². The Morgan fingerprint density at radius 2 is 2.43 bits per heavy atom. The molecule has 0 aliphatic carbocycles. The Morgan fingerprint density at radius 1 is 1.64 bits per heavy atom. The van der Waals surface area contributed by atoms with Crippen LogP contribution in [0.15, 0.2) is 11.1 Å². The van der Waals surface area contributed by atoms with Crippen LogP contribution >= 0.6 is 11.6 Å². The first-order valence-corrected chi connectivity index (χ1v) is 4.71. The summed E-state index contributed by atoms with van der Waals surface area (Å²) in [5, 5.41) is 0.0975. The fourth-order valence-electron chi connectivity index (χ4n) is 1.33. The normalized spacial score (nSPS) is 11.0. The lowest BCUT2D eigenvalue weighted by Crippen LogP contribution is -2.09. The van der Waals surface area contributed by atoms with Crippen molar-refractivity contribution >= 4 is 22.8 Å². The van der Waals surface area contributed by atoms with E-state index in [-0.39, 0.29) is 10.8 Å². The molecule has 0 fully saturated rings. The Bertz CT molecular complexity index is 516. The molecule has 2 aromatic heterocycles.